The van der Waals surface area contributed by atoms with Crippen LogP contribution in [-0.4, -0.2) is 31.8 Å². The number of aromatic nitrogens is 4. The molecule has 1 aromatic carbocycles. The van der Waals surface area contributed by atoms with Gasteiger partial charge in [0.05, 0.1) is 17.4 Å². The molecule has 0 bridgehead atoms. The summed E-state index contributed by atoms with van der Waals surface area (Å²) in [5.41, 5.74) is -1.13. The lowest BCUT2D eigenvalue weighted by molar-refractivity contribution is -0.138. The highest BCUT2D eigenvalue weighted by molar-refractivity contribution is 6.33. The number of nitrogens with zero attached hydrogens (tertiary/aromatic N) is 4. The Morgan fingerprint density at radius 3 is 2.45 bits per heavy atom. The van der Waals surface area contributed by atoms with E-state index in [4.69, 9.17) is 16.3 Å². The molecule has 12 heteroatoms. The highest BCUT2D eigenvalue weighted by atomic mass is 35.5. The fourth-order valence-corrected chi connectivity index (χ4v) is 2.72. The highest BCUT2D eigenvalue weighted by Crippen LogP contribution is 2.39. The molecule has 6 nitrogen and oxygen atoms in total. The topological polar surface area (TPSA) is 64.3 Å². The van der Waals surface area contributed by atoms with Gasteiger partial charge in [-0.05, 0) is 13.8 Å². The van der Waals surface area contributed by atoms with Gasteiger partial charge in [-0.25, -0.2) is 8.78 Å². The zero-order valence-electron chi connectivity index (χ0n) is 14.9. The van der Waals surface area contributed by atoms with Crippen LogP contribution in [0.2, 0.25) is 5.15 Å². The van der Waals surface area contributed by atoms with E-state index in [1.54, 1.807) is 6.92 Å². The van der Waals surface area contributed by atoms with Gasteiger partial charge in [-0.15, -0.1) is 0 Å². The fourth-order valence-electron chi connectivity index (χ4n) is 2.46. The number of halogens is 6. The van der Waals surface area contributed by atoms with Gasteiger partial charge in [-0.1, -0.05) is 17.7 Å². The number of nitrogens with one attached hydrogen (secondary N) is 1. The van der Waals surface area contributed by atoms with Crippen LogP contribution in [0.4, 0.5) is 27.8 Å². The van der Waals surface area contributed by atoms with Crippen LogP contribution < -0.4 is 10.1 Å². The predicted octanol–water partition coefficient (Wildman–Crippen LogP) is 5.00. The second-order valence-electron chi connectivity index (χ2n) is 5.85. The molecule has 3 aromatic rings. The summed E-state index contributed by atoms with van der Waals surface area (Å²) in [4.78, 5) is 7.61. The average molecular weight is 434 g/mol. The molecule has 2 heterocycles. The molecule has 154 valence electrons. The number of benzene rings is 1. The number of anilines is 1. The Morgan fingerprint density at radius 2 is 1.86 bits per heavy atom. The summed E-state index contributed by atoms with van der Waals surface area (Å²) in [6, 6.07) is -0.343. The first kappa shape index (κ1) is 20.8. The standard InChI is InChI=1S/C17H13ClF5N5O/c1-3-4-29-9-5-10(19)12(11(20)6-9)13-14(18)27-16-24-7-25-28(16)15(13)26-8(2)17(21,22)23/h3-8,26H,1-2H3. The molecule has 0 aliphatic carbocycles. The van der Waals surface area contributed by atoms with Gasteiger partial charge in [0.25, 0.3) is 5.78 Å². The van der Waals surface area contributed by atoms with Crippen LogP contribution in [0, 0.1) is 11.6 Å². The molecule has 1 unspecified atom stereocenters. The van der Waals surface area contributed by atoms with Crippen LogP contribution in [0.1, 0.15) is 13.8 Å². The summed E-state index contributed by atoms with van der Waals surface area (Å²) in [5, 5.41) is 5.48. The SMILES string of the molecule is CC=COc1cc(F)c(-c2c(Cl)nc3ncnn3c2NC(C)C(F)(F)F)c(F)c1. The van der Waals surface area contributed by atoms with E-state index in [1.165, 1.54) is 12.3 Å². The molecule has 1 atom stereocenters. The Hall–Kier alpha value is -2.95. The van der Waals surface area contributed by atoms with Crippen molar-refractivity contribution in [3.63, 3.8) is 0 Å². The molecule has 0 radical (unpaired) electrons. The lowest BCUT2D eigenvalue weighted by atomic mass is 10.1. The Labute approximate surface area is 166 Å². The Bertz CT molecular complexity index is 1060. The van der Waals surface area contributed by atoms with Gasteiger partial charge < -0.3 is 10.1 Å². The maximum atomic E-state index is 14.8. The van der Waals surface area contributed by atoms with Gasteiger partial charge in [0, 0.05) is 12.1 Å². The third kappa shape index (κ3) is 4.09. The third-order valence-electron chi connectivity index (χ3n) is 3.83. The maximum absolute atomic E-state index is 14.8. The minimum Gasteiger partial charge on any atom is -0.465 e. The van der Waals surface area contributed by atoms with Crippen LogP contribution in [0.3, 0.4) is 0 Å². The molecule has 0 aliphatic heterocycles. The van der Waals surface area contributed by atoms with E-state index in [0.29, 0.717) is 0 Å². The zero-order chi connectivity index (χ0) is 21.3. The minimum absolute atomic E-state index is 0.147. The van der Waals surface area contributed by atoms with E-state index >= 15 is 0 Å². The van der Waals surface area contributed by atoms with Crippen molar-refractivity contribution in [3.05, 3.63) is 47.6 Å². The predicted molar refractivity (Wildman–Crippen MR) is 95.7 cm³/mol. The molecule has 1 N–H and O–H groups in total. The van der Waals surface area contributed by atoms with E-state index < -0.39 is 46.0 Å². The summed E-state index contributed by atoms with van der Waals surface area (Å²) < 4.78 is 74.7. The van der Waals surface area contributed by atoms with Crippen molar-refractivity contribution in [2.45, 2.75) is 26.1 Å². The molecular weight excluding hydrogens is 421 g/mol. The third-order valence-corrected chi connectivity index (χ3v) is 4.11. The van der Waals surface area contributed by atoms with E-state index in [0.717, 1.165) is 29.9 Å². The molecular formula is C17H13ClF5N5O. The first-order valence-electron chi connectivity index (χ1n) is 8.13. The van der Waals surface area contributed by atoms with Crippen molar-refractivity contribution >= 4 is 23.2 Å². The van der Waals surface area contributed by atoms with Crippen LogP contribution in [0.15, 0.2) is 30.8 Å². The molecule has 29 heavy (non-hydrogen) atoms. The van der Waals surface area contributed by atoms with Crippen LogP contribution >= 0.6 is 11.6 Å². The van der Waals surface area contributed by atoms with E-state index in [9.17, 15) is 22.0 Å². The summed E-state index contributed by atoms with van der Waals surface area (Å²) >= 11 is 6.08. The largest absolute Gasteiger partial charge is 0.465 e. The van der Waals surface area contributed by atoms with Crippen LogP contribution in [-0.2, 0) is 0 Å². The Kier molecular flexibility index (Phi) is 5.60. The first-order valence-corrected chi connectivity index (χ1v) is 8.51. The number of hydrogen-bond donors (Lipinski definition) is 1. The number of alkyl halides is 3. The fraction of sp³-hybridized carbons (Fsp3) is 0.235. The van der Waals surface area contributed by atoms with Crippen molar-refractivity contribution in [3.8, 4) is 16.9 Å². The molecule has 0 spiro atoms. The number of ether oxygens (including phenoxy) is 1. The quantitative estimate of drug-likeness (QED) is 0.348. The highest BCUT2D eigenvalue weighted by Gasteiger charge is 2.37. The Balaban J connectivity index is 2.24. The number of allylic oxidation sites excluding steroid dienone is 1. The lowest BCUT2D eigenvalue weighted by Gasteiger charge is -2.21. The second kappa shape index (κ2) is 7.82. The van der Waals surface area contributed by atoms with Crippen molar-refractivity contribution in [1.82, 2.24) is 19.6 Å². The molecule has 2 aromatic heterocycles. The monoisotopic (exact) mass is 433 g/mol. The average Bonchev–Trinajstić information content (AvgIpc) is 3.08. The van der Waals surface area contributed by atoms with Gasteiger partial charge >= 0.3 is 6.18 Å². The number of fused-ring (bicyclic) bond motifs is 1. The smallest absolute Gasteiger partial charge is 0.408 e. The molecule has 3 rings (SSSR count). The van der Waals surface area contributed by atoms with Gasteiger partial charge in [0.15, 0.2) is 0 Å². The maximum Gasteiger partial charge on any atom is 0.408 e. The zero-order valence-corrected chi connectivity index (χ0v) is 15.7. The summed E-state index contributed by atoms with van der Waals surface area (Å²) in [5.74, 6) is -2.94. The normalized spacial score (nSPS) is 13.2. The van der Waals surface area contributed by atoms with Gasteiger partial charge in [-0.3, -0.25) is 0 Å². The molecule has 0 fully saturated rings. The second-order valence-corrected chi connectivity index (χ2v) is 6.21. The van der Waals surface area contributed by atoms with Crippen molar-refractivity contribution in [1.29, 1.82) is 0 Å². The number of rotatable bonds is 5. The van der Waals surface area contributed by atoms with Gasteiger partial charge in [0.2, 0.25) is 0 Å². The molecule has 0 saturated heterocycles. The van der Waals surface area contributed by atoms with Crippen molar-refractivity contribution < 1.29 is 26.7 Å². The lowest BCUT2D eigenvalue weighted by Crippen LogP contribution is -2.34. The van der Waals surface area contributed by atoms with E-state index in [-0.39, 0.29) is 11.5 Å². The van der Waals surface area contributed by atoms with Crippen molar-refractivity contribution in [2.75, 3.05) is 5.32 Å². The van der Waals surface area contributed by atoms with Gasteiger partial charge in [-0.2, -0.15) is 32.8 Å². The van der Waals surface area contributed by atoms with E-state index in [2.05, 4.69) is 20.4 Å². The molecule has 0 aliphatic rings. The summed E-state index contributed by atoms with van der Waals surface area (Å²) in [7, 11) is 0. The molecule has 0 amide bonds. The van der Waals surface area contributed by atoms with Crippen LogP contribution in [0.25, 0.3) is 16.9 Å². The summed E-state index contributed by atoms with van der Waals surface area (Å²) in [6.45, 7) is 2.47. The van der Waals surface area contributed by atoms with E-state index in [1.807, 2.05) is 0 Å². The summed E-state index contributed by atoms with van der Waals surface area (Å²) in [6.07, 6.45) is -0.917. The van der Waals surface area contributed by atoms with Gasteiger partial charge in [0.1, 0.15) is 40.7 Å². The molecule has 0 saturated carbocycles. The van der Waals surface area contributed by atoms with Crippen LogP contribution in [0.5, 0.6) is 5.75 Å². The minimum atomic E-state index is -4.65. The van der Waals surface area contributed by atoms with Crippen molar-refractivity contribution in [2.24, 2.45) is 0 Å². The Morgan fingerprint density at radius 1 is 1.21 bits per heavy atom. The number of hydrogen-bond acceptors (Lipinski definition) is 5. The first-order chi connectivity index (χ1) is 13.6.